The van der Waals surface area contributed by atoms with Gasteiger partial charge in [0, 0.05) is 27.3 Å². The summed E-state index contributed by atoms with van der Waals surface area (Å²) in [5.41, 5.74) is 1.19. The van der Waals surface area contributed by atoms with Gasteiger partial charge in [0.1, 0.15) is 23.1 Å². The van der Waals surface area contributed by atoms with Crippen LogP contribution in [0.1, 0.15) is 5.56 Å². The molecule has 3 aromatic carbocycles. The SMILES string of the molecule is Cc1ccc(-c2cc(O)c(-c3ccc(Cl)cc3F)cc2O)c(F)c1. The van der Waals surface area contributed by atoms with E-state index in [0.29, 0.717) is 0 Å². The first-order valence-electron chi connectivity index (χ1n) is 7.14. The van der Waals surface area contributed by atoms with Crippen LogP contribution in [0.3, 0.4) is 0 Å². The molecule has 0 aliphatic rings. The van der Waals surface area contributed by atoms with Crippen molar-refractivity contribution in [3.8, 4) is 33.8 Å². The Kier molecular flexibility index (Phi) is 4.16. The molecule has 5 heteroatoms. The van der Waals surface area contributed by atoms with Crippen molar-refractivity contribution in [3.05, 3.63) is 70.8 Å². The van der Waals surface area contributed by atoms with Crippen LogP contribution in [0.2, 0.25) is 5.02 Å². The van der Waals surface area contributed by atoms with Crippen molar-refractivity contribution in [2.75, 3.05) is 0 Å². The molecule has 0 aromatic heterocycles. The van der Waals surface area contributed by atoms with Crippen LogP contribution in [-0.2, 0) is 0 Å². The van der Waals surface area contributed by atoms with E-state index in [-0.39, 0.29) is 38.8 Å². The summed E-state index contributed by atoms with van der Waals surface area (Å²) in [5.74, 6) is -1.69. The Morgan fingerprint density at radius 1 is 0.708 bits per heavy atom. The average molecular weight is 347 g/mol. The molecule has 2 nitrogen and oxygen atoms in total. The molecule has 2 N–H and O–H groups in total. The van der Waals surface area contributed by atoms with Gasteiger partial charge in [0.25, 0.3) is 0 Å². The first-order valence-corrected chi connectivity index (χ1v) is 7.52. The number of hydrogen-bond donors (Lipinski definition) is 2. The quantitative estimate of drug-likeness (QED) is 0.587. The fourth-order valence-corrected chi connectivity index (χ4v) is 2.71. The number of rotatable bonds is 2. The average Bonchev–Trinajstić information content (AvgIpc) is 2.50. The number of phenolic OH excluding ortho intramolecular Hbond substituents is 2. The van der Waals surface area contributed by atoms with E-state index in [1.54, 1.807) is 13.0 Å². The van der Waals surface area contributed by atoms with E-state index < -0.39 is 11.6 Å². The molecule has 0 radical (unpaired) electrons. The Labute approximate surface area is 142 Å². The Morgan fingerprint density at radius 3 is 1.71 bits per heavy atom. The van der Waals surface area contributed by atoms with E-state index in [0.717, 1.165) is 11.6 Å². The second kappa shape index (κ2) is 6.13. The van der Waals surface area contributed by atoms with Crippen molar-refractivity contribution in [2.24, 2.45) is 0 Å². The van der Waals surface area contributed by atoms with Crippen LogP contribution < -0.4 is 0 Å². The Morgan fingerprint density at radius 2 is 1.21 bits per heavy atom. The fourth-order valence-electron chi connectivity index (χ4n) is 2.55. The summed E-state index contributed by atoms with van der Waals surface area (Å²) >= 11 is 5.72. The second-order valence-electron chi connectivity index (χ2n) is 5.49. The minimum atomic E-state index is -0.633. The van der Waals surface area contributed by atoms with Gasteiger partial charge in [-0.3, -0.25) is 0 Å². The molecule has 24 heavy (non-hydrogen) atoms. The van der Waals surface area contributed by atoms with Gasteiger partial charge in [0.05, 0.1) is 0 Å². The van der Waals surface area contributed by atoms with Crippen LogP contribution in [0.25, 0.3) is 22.3 Å². The normalized spacial score (nSPS) is 10.8. The smallest absolute Gasteiger partial charge is 0.132 e. The molecular weight excluding hydrogens is 334 g/mol. The maximum absolute atomic E-state index is 14.1. The zero-order valence-corrected chi connectivity index (χ0v) is 13.4. The summed E-state index contributed by atoms with van der Waals surface area (Å²) in [5, 5.41) is 20.7. The summed E-state index contributed by atoms with van der Waals surface area (Å²) in [7, 11) is 0. The van der Waals surface area contributed by atoms with Gasteiger partial charge in [0.2, 0.25) is 0 Å². The number of aromatic hydroxyl groups is 2. The predicted octanol–water partition coefficient (Wildman–Crippen LogP) is 5.67. The number of benzene rings is 3. The highest BCUT2D eigenvalue weighted by atomic mass is 35.5. The first kappa shape index (κ1) is 16.3. The molecular formula is C19H13ClF2O2. The Bertz CT molecular complexity index is 862. The number of phenols is 2. The lowest BCUT2D eigenvalue weighted by Crippen LogP contribution is -1.90. The maximum Gasteiger partial charge on any atom is 0.132 e. The van der Waals surface area contributed by atoms with Crippen LogP contribution in [0.15, 0.2) is 48.5 Å². The predicted molar refractivity (Wildman–Crippen MR) is 90.3 cm³/mol. The molecule has 3 aromatic rings. The summed E-state index contributed by atoms with van der Waals surface area (Å²) in [6.07, 6.45) is 0. The molecule has 0 bridgehead atoms. The van der Waals surface area contributed by atoms with E-state index in [4.69, 9.17) is 11.6 Å². The summed E-state index contributed by atoms with van der Waals surface area (Å²) in [6.45, 7) is 1.75. The van der Waals surface area contributed by atoms with Gasteiger partial charge in [-0.15, -0.1) is 0 Å². The second-order valence-corrected chi connectivity index (χ2v) is 5.93. The van der Waals surface area contributed by atoms with Crippen LogP contribution >= 0.6 is 11.6 Å². The van der Waals surface area contributed by atoms with Crippen molar-refractivity contribution in [2.45, 2.75) is 6.92 Å². The number of aryl methyl sites for hydroxylation is 1. The Hall–Kier alpha value is -2.59. The van der Waals surface area contributed by atoms with Gasteiger partial charge in [-0.05, 0) is 48.9 Å². The van der Waals surface area contributed by atoms with Crippen LogP contribution in [0.5, 0.6) is 11.5 Å². The molecule has 0 aliphatic carbocycles. The number of hydrogen-bond acceptors (Lipinski definition) is 2. The van der Waals surface area contributed by atoms with E-state index >= 15 is 0 Å². The lowest BCUT2D eigenvalue weighted by molar-refractivity contribution is 0.463. The summed E-state index contributed by atoms with van der Waals surface area (Å²) < 4.78 is 28.2. The standard InChI is InChI=1S/C19H13ClF2O2/c1-10-2-4-12(16(21)6-10)14-8-19(24)15(9-18(14)23)13-5-3-11(20)7-17(13)22/h2-9,23-24H,1H3. The zero-order valence-electron chi connectivity index (χ0n) is 12.6. The van der Waals surface area contributed by atoms with Crippen molar-refractivity contribution < 1.29 is 19.0 Å². The molecule has 0 fully saturated rings. The highest BCUT2D eigenvalue weighted by molar-refractivity contribution is 6.30. The van der Waals surface area contributed by atoms with Gasteiger partial charge >= 0.3 is 0 Å². The molecule has 0 saturated carbocycles. The molecule has 0 heterocycles. The lowest BCUT2D eigenvalue weighted by atomic mass is 9.97. The van der Waals surface area contributed by atoms with Gasteiger partial charge in [-0.25, -0.2) is 8.78 Å². The molecule has 0 atom stereocenters. The van der Waals surface area contributed by atoms with E-state index in [2.05, 4.69) is 0 Å². The zero-order chi connectivity index (χ0) is 17.4. The van der Waals surface area contributed by atoms with Gasteiger partial charge in [-0.1, -0.05) is 23.7 Å². The third-order valence-corrected chi connectivity index (χ3v) is 3.99. The molecule has 0 saturated heterocycles. The van der Waals surface area contributed by atoms with Gasteiger partial charge < -0.3 is 10.2 Å². The first-order chi connectivity index (χ1) is 11.4. The fraction of sp³-hybridized carbons (Fsp3) is 0.0526. The molecule has 0 unspecified atom stereocenters. The van der Waals surface area contributed by atoms with Crippen LogP contribution in [0, 0.1) is 18.6 Å². The summed E-state index contributed by atoms with van der Waals surface area (Å²) in [6, 6.07) is 11.0. The van der Waals surface area contributed by atoms with Crippen LogP contribution in [0.4, 0.5) is 8.78 Å². The monoisotopic (exact) mass is 346 g/mol. The van der Waals surface area contributed by atoms with Gasteiger partial charge in [0.15, 0.2) is 0 Å². The minimum Gasteiger partial charge on any atom is -0.507 e. The topological polar surface area (TPSA) is 40.5 Å². The van der Waals surface area contributed by atoms with E-state index in [9.17, 15) is 19.0 Å². The Balaban J connectivity index is 2.15. The highest BCUT2D eigenvalue weighted by Gasteiger charge is 2.17. The van der Waals surface area contributed by atoms with E-state index in [1.165, 1.54) is 36.4 Å². The lowest BCUT2D eigenvalue weighted by Gasteiger charge is -2.12. The van der Waals surface area contributed by atoms with Gasteiger partial charge in [-0.2, -0.15) is 0 Å². The minimum absolute atomic E-state index is 0.0862. The van der Waals surface area contributed by atoms with E-state index in [1.807, 2.05) is 0 Å². The third-order valence-electron chi connectivity index (χ3n) is 3.75. The van der Waals surface area contributed by atoms with Crippen molar-refractivity contribution in [1.82, 2.24) is 0 Å². The van der Waals surface area contributed by atoms with Crippen molar-refractivity contribution in [1.29, 1.82) is 0 Å². The summed E-state index contributed by atoms with van der Waals surface area (Å²) in [4.78, 5) is 0. The molecule has 122 valence electrons. The number of halogens is 3. The molecule has 0 amide bonds. The van der Waals surface area contributed by atoms with Crippen molar-refractivity contribution in [3.63, 3.8) is 0 Å². The highest BCUT2D eigenvalue weighted by Crippen LogP contribution is 2.41. The molecule has 0 aliphatic heterocycles. The molecule has 3 rings (SSSR count). The van der Waals surface area contributed by atoms with Crippen LogP contribution in [-0.4, -0.2) is 10.2 Å². The maximum atomic E-state index is 14.1. The molecule has 0 spiro atoms. The third kappa shape index (κ3) is 2.93. The van der Waals surface area contributed by atoms with Crippen molar-refractivity contribution >= 4 is 11.6 Å². The largest absolute Gasteiger partial charge is 0.507 e.